The van der Waals surface area contributed by atoms with E-state index in [1.54, 1.807) is 12.4 Å². The molecule has 0 spiro atoms. The number of nitrogens with zero attached hydrogens (tertiary/aromatic N) is 1. The summed E-state index contributed by atoms with van der Waals surface area (Å²) in [5.41, 5.74) is 6.99. The van der Waals surface area contributed by atoms with Crippen LogP contribution in [0.25, 0.3) is 0 Å². The van der Waals surface area contributed by atoms with Gasteiger partial charge < -0.3 is 15.8 Å². The van der Waals surface area contributed by atoms with Crippen LogP contribution in [-0.2, 0) is 9.53 Å². The Morgan fingerprint density at radius 2 is 2.11 bits per heavy atom. The summed E-state index contributed by atoms with van der Waals surface area (Å²) >= 11 is 0. The van der Waals surface area contributed by atoms with E-state index in [9.17, 15) is 4.79 Å². The fraction of sp³-hybridized carbons (Fsp3) is 0.571. The van der Waals surface area contributed by atoms with Gasteiger partial charge in [0.15, 0.2) is 0 Å². The number of hydrogen-bond donors (Lipinski definition) is 2. The average molecular weight is 261 g/mol. The van der Waals surface area contributed by atoms with Crippen molar-refractivity contribution in [1.82, 2.24) is 4.98 Å². The molecule has 102 valence electrons. The van der Waals surface area contributed by atoms with E-state index in [-0.39, 0.29) is 11.4 Å². The second-order valence-electron chi connectivity index (χ2n) is 5.85. The van der Waals surface area contributed by atoms with Crippen LogP contribution in [0, 0.1) is 6.92 Å². The number of carbonyl (C=O) groups excluding carboxylic acids is 1. The summed E-state index contributed by atoms with van der Waals surface area (Å²) in [4.78, 5) is 16.5. The molecule has 4 rings (SSSR count). The Bertz CT molecular complexity index is 491. The van der Waals surface area contributed by atoms with Crippen molar-refractivity contribution < 1.29 is 9.53 Å². The van der Waals surface area contributed by atoms with Gasteiger partial charge in [-0.05, 0) is 44.2 Å². The molecule has 2 saturated heterocycles. The lowest BCUT2D eigenvalue weighted by Crippen LogP contribution is -2.63. The smallest absolute Gasteiger partial charge is 0.256 e. The third-order valence-electron chi connectivity index (χ3n) is 4.24. The number of amides is 1. The molecule has 1 amide bonds. The largest absolute Gasteiger partial charge is 0.363 e. The average Bonchev–Trinajstić information content (AvgIpc) is 2.40. The van der Waals surface area contributed by atoms with E-state index in [2.05, 4.69) is 10.3 Å². The Kier molecular flexibility index (Phi) is 2.83. The lowest BCUT2D eigenvalue weighted by Gasteiger charge is -2.50. The minimum absolute atomic E-state index is 0.0679. The SMILES string of the molecule is Cc1cncc(NC(=O)C23CCC(N)(CC2)CO3)c1. The quantitative estimate of drug-likeness (QED) is 0.843. The van der Waals surface area contributed by atoms with Crippen molar-refractivity contribution >= 4 is 11.6 Å². The van der Waals surface area contributed by atoms with Crippen LogP contribution in [-0.4, -0.2) is 28.6 Å². The summed E-state index contributed by atoms with van der Waals surface area (Å²) in [6.07, 6.45) is 6.52. The Hall–Kier alpha value is -1.46. The van der Waals surface area contributed by atoms with Crippen molar-refractivity contribution in [2.24, 2.45) is 5.73 Å². The minimum Gasteiger partial charge on any atom is -0.363 e. The summed E-state index contributed by atoms with van der Waals surface area (Å²) in [6, 6.07) is 1.90. The summed E-state index contributed by atoms with van der Waals surface area (Å²) in [7, 11) is 0. The van der Waals surface area contributed by atoms with Gasteiger partial charge in [-0.2, -0.15) is 0 Å². The van der Waals surface area contributed by atoms with Gasteiger partial charge in [-0.15, -0.1) is 0 Å². The molecule has 5 heteroatoms. The zero-order valence-electron chi connectivity index (χ0n) is 11.1. The van der Waals surface area contributed by atoms with Gasteiger partial charge in [0.2, 0.25) is 0 Å². The van der Waals surface area contributed by atoms with Gasteiger partial charge >= 0.3 is 0 Å². The molecule has 1 saturated carbocycles. The van der Waals surface area contributed by atoms with Crippen molar-refractivity contribution in [3.8, 4) is 0 Å². The zero-order valence-corrected chi connectivity index (χ0v) is 11.1. The summed E-state index contributed by atoms with van der Waals surface area (Å²) in [6.45, 7) is 2.42. The molecule has 0 aromatic carbocycles. The number of fused-ring (bicyclic) bond motifs is 3. The number of hydrogen-bond acceptors (Lipinski definition) is 4. The van der Waals surface area contributed by atoms with Gasteiger partial charge in [0, 0.05) is 11.7 Å². The topological polar surface area (TPSA) is 77.2 Å². The van der Waals surface area contributed by atoms with Crippen molar-refractivity contribution in [3.05, 3.63) is 24.0 Å². The Morgan fingerprint density at radius 3 is 2.68 bits per heavy atom. The van der Waals surface area contributed by atoms with Gasteiger partial charge in [-0.3, -0.25) is 9.78 Å². The molecule has 3 heterocycles. The molecule has 5 nitrogen and oxygen atoms in total. The number of nitrogens with two attached hydrogens (primary N) is 1. The van der Waals surface area contributed by atoms with E-state index >= 15 is 0 Å². The zero-order chi connectivity index (χ0) is 13.5. The highest BCUT2D eigenvalue weighted by atomic mass is 16.5. The number of nitrogens with one attached hydrogen (secondary N) is 1. The first kappa shape index (κ1) is 12.6. The van der Waals surface area contributed by atoms with E-state index in [0.717, 1.165) is 24.1 Å². The maximum Gasteiger partial charge on any atom is 0.256 e. The number of aromatic nitrogens is 1. The number of anilines is 1. The normalized spacial score (nSPS) is 33.2. The van der Waals surface area contributed by atoms with Crippen molar-refractivity contribution in [1.29, 1.82) is 0 Å². The first-order valence-corrected chi connectivity index (χ1v) is 6.67. The van der Waals surface area contributed by atoms with Crippen LogP contribution in [0.1, 0.15) is 31.2 Å². The molecule has 0 unspecified atom stereocenters. The van der Waals surface area contributed by atoms with Gasteiger partial charge in [0.25, 0.3) is 5.91 Å². The molecule has 3 fully saturated rings. The van der Waals surface area contributed by atoms with Crippen LogP contribution in [0.4, 0.5) is 5.69 Å². The predicted octanol–water partition coefficient (Wildman–Crippen LogP) is 1.37. The van der Waals surface area contributed by atoms with Gasteiger partial charge in [0.05, 0.1) is 18.5 Å². The molecule has 0 atom stereocenters. The third kappa shape index (κ3) is 2.24. The number of carbonyl (C=O) groups is 1. The predicted molar refractivity (Wildman–Crippen MR) is 71.7 cm³/mol. The minimum atomic E-state index is -0.690. The number of pyridine rings is 1. The molecule has 2 bridgehead atoms. The molecule has 2 aliphatic heterocycles. The van der Waals surface area contributed by atoms with Crippen LogP contribution in [0.2, 0.25) is 0 Å². The molecule has 1 aromatic rings. The Labute approximate surface area is 112 Å². The van der Waals surface area contributed by atoms with E-state index in [1.165, 1.54) is 0 Å². The molecule has 0 radical (unpaired) electrons. The van der Waals surface area contributed by atoms with Gasteiger partial charge in [-0.1, -0.05) is 0 Å². The van der Waals surface area contributed by atoms with Crippen molar-refractivity contribution in [3.63, 3.8) is 0 Å². The number of rotatable bonds is 2. The fourth-order valence-corrected chi connectivity index (χ4v) is 2.88. The number of aryl methyl sites for hydroxylation is 1. The maximum absolute atomic E-state index is 12.5. The van der Waals surface area contributed by atoms with Crippen LogP contribution in [0.15, 0.2) is 18.5 Å². The van der Waals surface area contributed by atoms with Crippen LogP contribution >= 0.6 is 0 Å². The molecule has 3 aliphatic rings. The lowest BCUT2D eigenvalue weighted by molar-refractivity contribution is -0.171. The molecule has 19 heavy (non-hydrogen) atoms. The van der Waals surface area contributed by atoms with Gasteiger partial charge in [-0.25, -0.2) is 0 Å². The Balaban J connectivity index is 1.74. The van der Waals surface area contributed by atoms with E-state index in [1.807, 2.05) is 13.0 Å². The van der Waals surface area contributed by atoms with E-state index in [4.69, 9.17) is 10.5 Å². The fourth-order valence-electron chi connectivity index (χ4n) is 2.88. The van der Waals surface area contributed by atoms with Crippen LogP contribution in [0.3, 0.4) is 0 Å². The standard InChI is InChI=1S/C14H19N3O2/c1-10-6-11(8-16-7-10)17-12(18)14-4-2-13(15,3-5-14)9-19-14/h6-8H,2-5,9,15H2,1H3,(H,17,18). The lowest BCUT2D eigenvalue weighted by atomic mass is 9.71. The van der Waals surface area contributed by atoms with Crippen molar-refractivity contribution in [2.75, 3.05) is 11.9 Å². The highest BCUT2D eigenvalue weighted by molar-refractivity contribution is 5.97. The first-order valence-electron chi connectivity index (χ1n) is 6.67. The molecule has 1 aromatic heterocycles. The third-order valence-corrected chi connectivity index (χ3v) is 4.24. The van der Waals surface area contributed by atoms with E-state index < -0.39 is 5.60 Å². The second kappa shape index (κ2) is 4.28. The monoisotopic (exact) mass is 261 g/mol. The van der Waals surface area contributed by atoms with Gasteiger partial charge in [0.1, 0.15) is 5.60 Å². The molecular weight excluding hydrogens is 242 g/mol. The van der Waals surface area contributed by atoms with Crippen molar-refractivity contribution in [2.45, 2.75) is 43.7 Å². The number of ether oxygens (including phenoxy) is 1. The van der Waals surface area contributed by atoms with Crippen LogP contribution < -0.4 is 11.1 Å². The van der Waals surface area contributed by atoms with Crippen LogP contribution in [0.5, 0.6) is 0 Å². The first-order chi connectivity index (χ1) is 9.01. The van der Waals surface area contributed by atoms with E-state index in [0.29, 0.717) is 19.4 Å². The molecule has 3 N–H and O–H groups in total. The highest BCUT2D eigenvalue weighted by Crippen LogP contribution is 2.42. The summed E-state index contributed by atoms with van der Waals surface area (Å²) in [5, 5.41) is 2.91. The summed E-state index contributed by atoms with van der Waals surface area (Å²) in [5.74, 6) is -0.0679. The molecule has 1 aliphatic carbocycles. The summed E-state index contributed by atoms with van der Waals surface area (Å²) < 4.78 is 5.77. The molecular formula is C14H19N3O2. The second-order valence-corrected chi connectivity index (χ2v) is 5.85. The maximum atomic E-state index is 12.5. The Morgan fingerprint density at radius 1 is 1.37 bits per heavy atom. The highest BCUT2D eigenvalue weighted by Gasteiger charge is 2.52.